The predicted octanol–water partition coefficient (Wildman–Crippen LogP) is 0.883. The summed E-state index contributed by atoms with van der Waals surface area (Å²) in [5.74, 6) is -0.0322. The van der Waals surface area contributed by atoms with Crippen molar-refractivity contribution in [1.82, 2.24) is 4.90 Å². The summed E-state index contributed by atoms with van der Waals surface area (Å²) in [5.41, 5.74) is 6.60. The molecule has 2 rings (SSSR count). The summed E-state index contributed by atoms with van der Waals surface area (Å²) in [4.78, 5) is 12.8. The molecular formula is C13H17N3O4S. The van der Waals surface area contributed by atoms with Crippen LogP contribution in [-0.4, -0.2) is 44.9 Å². The smallest absolute Gasteiger partial charge is 0.409 e. The third-order valence-corrected chi connectivity index (χ3v) is 4.38. The highest BCUT2D eigenvalue weighted by molar-refractivity contribution is 7.90. The summed E-state index contributed by atoms with van der Waals surface area (Å²) in [5, 5.41) is 0. The molecule has 0 atom stereocenters. The zero-order valence-corrected chi connectivity index (χ0v) is 12.5. The van der Waals surface area contributed by atoms with Gasteiger partial charge >= 0.3 is 6.09 Å². The highest BCUT2D eigenvalue weighted by Crippen LogP contribution is 2.13. The van der Waals surface area contributed by atoms with Gasteiger partial charge in [0.15, 0.2) is 0 Å². The van der Waals surface area contributed by atoms with Crippen LogP contribution in [0.15, 0.2) is 33.6 Å². The number of hydrogen-bond acceptors (Lipinski definition) is 4. The molecule has 0 saturated carbocycles. The van der Waals surface area contributed by atoms with E-state index in [1.807, 2.05) is 6.92 Å². The fraction of sp³-hybridized carbons (Fsp3) is 0.385. The minimum absolute atomic E-state index is 0.0322. The maximum Gasteiger partial charge on any atom is 0.409 e. The number of cyclic esters (lactones) is 1. The Morgan fingerprint density at radius 1 is 1.38 bits per heavy atom. The first-order valence-electron chi connectivity index (χ1n) is 6.46. The molecule has 1 fully saturated rings. The molecule has 0 bridgehead atoms. The predicted molar refractivity (Wildman–Crippen MR) is 77.5 cm³/mol. The van der Waals surface area contributed by atoms with Crippen molar-refractivity contribution in [2.75, 3.05) is 19.7 Å². The van der Waals surface area contributed by atoms with Crippen molar-refractivity contribution >= 4 is 22.0 Å². The zero-order valence-electron chi connectivity index (χ0n) is 11.7. The van der Waals surface area contributed by atoms with E-state index in [0.29, 0.717) is 13.2 Å². The fourth-order valence-electron chi connectivity index (χ4n) is 1.84. The van der Waals surface area contributed by atoms with Gasteiger partial charge in [0.05, 0.1) is 11.4 Å². The van der Waals surface area contributed by atoms with Crippen LogP contribution in [0.25, 0.3) is 0 Å². The molecule has 0 aliphatic carbocycles. The van der Waals surface area contributed by atoms with Gasteiger partial charge in [0.25, 0.3) is 10.0 Å². The van der Waals surface area contributed by atoms with E-state index in [0.717, 1.165) is 5.56 Å². The molecule has 0 spiro atoms. The monoisotopic (exact) mass is 311 g/mol. The Labute approximate surface area is 123 Å². The molecule has 1 aromatic carbocycles. The summed E-state index contributed by atoms with van der Waals surface area (Å²) in [6.07, 6.45) is -0.232. The summed E-state index contributed by atoms with van der Waals surface area (Å²) < 4.78 is 32.4. The molecule has 2 N–H and O–H groups in total. The molecule has 1 aliphatic heterocycles. The Morgan fingerprint density at radius 2 is 2.05 bits per heavy atom. The molecule has 8 heteroatoms. The first kappa shape index (κ1) is 15.3. The molecule has 1 amide bonds. The molecular weight excluding hydrogens is 294 g/mol. The fourth-order valence-corrected chi connectivity index (χ4v) is 2.83. The summed E-state index contributed by atoms with van der Waals surface area (Å²) in [7, 11) is -3.81. The molecule has 21 heavy (non-hydrogen) atoms. The lowest BCUT2D eigenvalue weighted by Crippen LogP contribution is -2.29. The van der Waals surface area contributed by atoms with Crippen LogP contribution in [0.4, 0.5) is 4.79 Å². The largest absolute Gasteiger partial charge is 0.448 e. The van der Waals surface area contributed by atoms with E-state index >= 15 is 0 Å². The third-order valence-electron chi connectivity index (χ3n) is 3.04. The average molecular weight is 311 g/mol. The number of benzene rings is 1. The van der Waals surface area contributed by atoms with Crippen molar-refractivity contribution in [3.05, 3.63) is 29.8 Å². The van der Waals surface area contributed by atoms with Gasteiger partial charge in [-0.3, -0.25) is 0 Å². The number of sulfonamides is 1. The standard InChI is InChI=1S/C13H17N3O4S/c1-10-2-4-11(5-3-10)21(18,19)15-12(14)6-7-16-8-9-20-13(16)17/h2-5H,6-9H2,1H3,(H2,14,15). The lowest BCUT2D eigenvalue weighted by atomic mass is 10.2. The van der Waals surface area contributed by atoms with E-state index in [9.17, 15) is 13.2 Å². The Balaban J connectivity index is 2.03. The van der Waals surface area contributed by atoms with Crippen LogP contribution in [0.1, 0.15) is 12.0 Å². The van der Waals surface area contributed by atoms with Gasteiger partial charge in [0, 0.05) is 13.0 Å². The molecule has 1 saturated heterocycles. The molecule has 0 aromatic heterocycles. The molecule has 0 unspecified atom stereocenters. The van der Waals surface area contributed by atoms with Crippen LogP contribution in [0.3, 0.4) is 0 Å². The Morgan fingerprint density at radius 3 is 2.62 bits per heavy atom. The minimum Gasteiger partial charge on any atom is -0.448 e. The van der Waals surface area contributed by atoms with Crippen LogP contribution in [-0.2, 0) is 14.8 Å². The second kappa shape index (κ2) is 6.13. The van der Waals surface area contributed by atoms with Gasteiger partial charge in [-0.1, -0.05) is 17.7 Å². The number of rotatable bonds is 5. The molecule has 1 aromatic rings. The average Bonchev–Trinajstić information content (AvgIpc) is 2.82. The molecule has 1 aliphatic rings. The maximum atomic E-state index is 12.0. The van der Waals surface area contributed by atoms with Crippen LogP contribution in [0.2, 0.25) is 0 Å². The second-order valence-electron chi connectivity index (χ2n) is 4.72. The van der Waals surface area contributed by atoms with E-state index < -0.39 is 16.1 Å². The highest BCUT2D eigenvalue weighted by atomic mass is 32.2. The Bertz CT molecular complexity index is 652. The number of amides is 1. The number of hydrogen-bond donors (Lipinski definition) is 1. The van der Waals surface area contributed by atoms with E-state index in [4.69, 9.17) is 10.5 Å². The first-order valence-corrected chi connectivity index (χ1v) is 7.90. The summed E-state index contributed by atoms with van der Waals surface area (Å²) >= 11 is 0. The number of amidine groups is 1. The molecule has 114 valence electrons. The van der Waals surface area contributed by atoms with Gasteiger partial charge in [0.2, 0.25) is 0 Å². The zero-order chi connectivity index (χ0) is 15.5. The van der Waals surface area contributed by atoms with Crippen molar-refractivity contribution in [2.45, 2.75) is 18.2 Å². The number of nitrogens with two attached hydrogens (primary N) is 1. The van der Waals surface area contributed by atoms with Gasteiger partial charge in [-0.15, -0.1) is 4.40 Å². The Kier molecular flexibility index (Phi) is 4.46. The van der Waals surface area contributed by atoms with Crippen molar-refractivity contribution in [2.24, 2.45) is 10.1 Å². The lowest BCUT2D eigenvalue weighted by molar-refractivity contribution is 0.159. The molecule has 0 radical (unpaired) electrons. The van der Waals surface area contributed by atoms with E-state index in [1.54, 1.807) is 12.1 Å². The van der Waals surface area contributed by atoms with Crippen molar-refractivity contribution in [3.8, 4) is 0 Å². The van der Waals surface area contributed by atoms with Crippen LogP contribution < -0.4 is 5.73 Å². The second-order valence-corrected chi connectivity index (χ2v) is 6.33. The van der Waals surface area contributed by atoms with E-state index in [-0.39, 0.29) is 23.7 Å². The SMILES string of the molecule is Cc1ccc(S(=O)(=O)/N=C(\N)CCN2CCOC2=O)cc1. The van der Waals surface area contributed by atoms with Crippen LogP contribution >= 0.6 is 0 Å². The minimum atomic E-state index is -3.81. The number of carbonyl (C=O) groups excluding carboxylic acids is 1. The normalized spacial score (nSPS) is 16.1. The maximum absolute atomic E-state index is 12.0. The number of carbonyl (C=O) groups is 1. The number of ether oxygens (including phenoxy) is 1. The quantitative estimate of drug-likeness (QED) is 0.642. The molecule has 7 nitrogen and oxygen atoms in total. The van der Waals surface area contributed by atoms with Crippen molar-refractivity contribution in [1.29, 1.82) is 0 Å². The number of aryl methyl sites for hydroxylation is 1. The Hall–Kier alpha value is -2.09. The van der Waals surface area contributed by atoms with E-state index in [2.05, 4.69) is 4.40 Å². The van der Waals surface area contributed by atoms with Gasteiger partial charge in [-0.05, 0) is 19.1 Å². The van der Waals surface area contributed by atoms with Gasteiger partial charge < -0.3 is 15.4 Å². The van der Waals surface area contributed by atoms with Crippen molar-refractivity contribution in [3.63, 3.8) is 0 Å². The highest BCUT2D eigenvalue weighted by Gasteiger charge is 2.22. The third kappa shape index (κ3) is 3.94. The van der Waals surface area contributed by atoms with Crippen molar-refractivity contribution < 1.29 is 17.9 Å². The van der Waals surface area contributed by atoms with Gasteiger partial charge in [-0.2, -0.15) is 8.42 Å². The first-order chi connectivity index (χ1) is 9.88. The van der Waals surface area contributed by atoms with Gasteiger partial charge in [-0.25, -0.2) is 4.79 Å². The van der Waals surface area contributed by atoms with E-state index in [1.165, 1.54) is 17.0 Å². The number of nitrogens with zero attached hydrogens (tertiary/aromatic N) is 2. The van der Waals surface area contributed by atoms with Crippen LogP contribution in [0.5, 0.6) is 0 Å². The van der Waals surface area contributed by atoms with Gasteiger partial charge in [0.1, 0.15) is 12.4 Å². The topological polar surface area (TPSA) is 102 Å². The summed E-state index contributed by atoms with van der Waals surface area (Å²) in [6, 6.07) is 6.36. The molecule has 1 heterocycles. The summed E-state index contributed by atoms with van der Waals surface area (Å²) in [6.45, 7) is 2.98. The van der Waals surface area contributed by atoms with Crippen LogP contribution in [0, 0.1) is 6.92 Å². The lowest BCUT2D eigenvalue weighted by Gasteiger charge is -2.11.